The molecule has 0 saturated heterocycles. The van der Waals surface area contributed by atoms with Crippen LogP contribution in [0, 0.1) is 0 Å². The minimum absolute atomic E-state index is 0.0323. The van der Waals surface area contributed by atoms with Crippen molar-refractivity contribution in [3.05, 3.63) is 29.5 Å². The van der Waals surface area contributed by atoms with Crippen LogP contribution < -0.4 is 4.74 Å². The van der Waals surface area contributed by atoms with Crippen molar-refractivity contribution < 1.29 is 24.9 Å². The number of ether oxygens (including phenoxy) is 1. The van der Waals surface area contributed by atoms with E-state index in [-0.39, 0.29) is 34.8 Å². The topological polar surface area (TPSA) is 87.0 Å². The molecule has 0 aliphatic carbocycles. The third-order valence-corrected chi connectivity index (χ3v) is 2.31. The van der Waals surface area contributed by atoms with Crippen molar-refractivity contribution in [3.63, 3.8) is 0 Å². The lowest BCUT2D eigenvalue weighted by Gasteiger charge is -2.11. The second-order valence-corrected chi connectivity index (χ2v) is 3.34. The van der Waals surface area contributed by atoms with Gasteiger partial charge in [-0.2, -0.15) is 0 Å². The van der Waals surface area contributed by atoms with Gasteiger partial charge in [-0.25, -0.2) is 4.79 Å². The summed E-state index contributed by atoms with van der Waals surface area (Å²) in [6.45, 7) is 1.63. The maximum Gasteiger partial charge on any atom is 0.339 e. The number of aliphatic hydroxyl groups is 1. The Morgan fingerprint density at radius 3 is 2.47 bits per heavy atom. The quantitative estimate of drug-likeness (QED) is 0.552. The highest BCUT2D eigenvalue weighted by atomic mass is 16.5. The number of carbonyl (C=O) groups is 1. The van der Waals surface area contributed by atoms with E-state index in [1.54, 1.807) is 6.92 Å². The molecule has 0 fully saturated rings. The maximum absolute atomic E-state index is 11.1. The highest BCUT2D eigenvalue weighted by molar-refractivity contribution is 6.17. The van der Waals surface area contributed by atoms with Gasteiger partial charge in [-0.15, -0.1) is 0 Å². The van der Waals surface area contributed by atoms with Gasteiger partial charge in [-0.05, 0) is 12.1 Å². The van der Waals surface area contributed by atoms with Gasteiger partial charge in [0.25, 0.3) is 0 Å². The van der Waals surface area contributed by atoms with E-state index < -0.39 is 5.97 Å². The van der Waals surface area contributed by atoms with Crippen LogP contribution in [0.5, 0.6) is 11.5 Å². The maximum atomic E-state index is 11.1. The third kappa shape index (κ3) is 2.50. The number of carboxylic acid groups (broad SMARTS) is 1. The van der Waals surface area contributed by atoms with Gasteiger partial charge in [0, 0.05) is 12.0 Å². The minimum atomic E-state index is -1.27. The average Bonchev–Trinajstić information content (AvgIpc) is 2.28. The standard InChI is InChI=1S/C12H14O5/c1-3-8(13)10(12(15)16)7-5-4-6-9(14)11(7)17-2/h4-6,13-14H,3H2,1-2H3,(H,15,16). The molecule has 0 aliphatic rings. The molecule has 0 heterocycles. The largest absolute Gasteiger partial charge is 0.511 e. The molecule has 17 heavy (non-hydrogen) atoms. The predicted molar refractivity (Wildman–Crippen MR) is 62.1 cm³/mol. The third-order valence-electron chi connectivity index (χ3n) is 2.31. The average molecular weight is 238 g/mol. The highest BCUT2D eigenvalue weighted by Gasteiger charge is 2.21. The zero-order valence-electron chi connectivity index (χ0n) is 9.60. The number of aliphatic hydroxyl groups excluding tert-OH is 1. The summed E-state index contributed by atoms with van der Waals surface area (Å²) < 4.78 is 4.94. The van der Waals surface area contributed by atoms with Crippen molar-refractivity contribution in [1.82, 2.24) is 0 Å². The predicted octanol–water partition coefficient (Wildman–Crippen LogP) is 2.16. The number of rotatable bonds is 4. The lowest BCUT2D eigenvalue weighted by atomic mass is 10.0. The smallest absolute Gasteiger partial charge is 0.339 e. The van der Waals surface area contributed by atoms with E-state index in [4.69, 9.17) is 9.84 Å². The zero-order chi connectivity index (χ0) is 13.0. The fourth-order valence-corrected chi connectivity index (χ4v) is 1.51. The minimum Gasteiger partial charge on any atom is -0.511 e. The molecule has 5 heteroatoms. The highest BCUT2D eigenvalue weighted by Crippen LogP contribution is 2.35. The number of phenols is 1. The van der Waals surface area contributed by atoms with Crippen molar-refractivity contribution in [2.45, 2.75) is 13.3 Å². The van der Waals surface area contributed by atoms with Crippen LogP contribution in [0.15, 0.2) is 24.0 Å². The molecule has 5 nitrogen and oxygen atoms in total. The molecular weight excluding hydrogens is 224 g/mol. The number of phenolic OH excluding ortho intramolecular Hbond substituents is 1. The number of aromatic hydroxyl groups is 1. The van der Waals surface area contributed by atoms with Crippen LogP contribution >= 0.6 is 0 Å². The van der Waals surface area contributed by atoms with Gasteiger partial charge in [0.2, 0.25) is 0 Å². The van der Waals surface area contributed by atoms with Crippen LogP contribution in [-0.2, 0) is 4.79 Å². The fraction of sp³-hybridized carbons (Fsp3) is 0.250. The summed E-state index contributed by atoms with van der Waals surface area (Å²) in [5.41, 5.74) is -0.111. The van der Waals surface area contributed by atoms with Crippen LogP contribution in [0.25, 0.3) is 5.57 Å². The van der Waals surface area contributed by atoms with Gasteiger partial charge in [0.1, 0.15) is 11.3 Å². The molecule has 0 amide bonds. The number of para-hydroxylation sites is 1. The van der Waals surface area contributed by atoms with Gasteiger partial charge in [-0.1, -0.05) is 13.0 Å². The summed E-state index contributed by atoms with van der Waals surface area (Å²) >= 11 is 0. The number of allylic oxidation sites excluding steroid dienone is 1. The summed E-state index contributed by atoms with van der Waals surface area (Å²) in [4.78, 5) is 11.1. The van der Waals surface area contributed by atoms with Crippen LogP contribution in [0.4, 0.5) is 0 Å². The van der Waals surface area contributed by atoms with E-state index in [2.05, 4.69) is 0 Å². The van der Waals surface area contributed by atoms with Gasteiger partial charge in [-0.3, -0.25) is 0 Å². The molecule has 1 aromatic carbocycles. The van der Waals surface area contributed by atoms with Gasteiger partial charge >= 0.3 is 5.97 Å². The summed E-state index contributed by atoms with van der Waals surface area (Å²) in [6, 6.07) is 4.33. The molecular formula is C12H14O5. The fourth-order valence-electron chi connectivity index (χ4n) is 1.51. The first-order valence-electron chi connectivity index (χ1n) is 5.04. The summed E-state index contributed by atoms with van der Waals surface area (Å²) in [6.07, 6.45) is 0.181. The van der Waals surface area contributed by atoms with Gasteiger partial charge < -0.3 is 20.1 Å². The Labute approximate surface area is 98.6 Å². The van der Waals surface area contributed by atoms with E-state index in [9.17, 15) is 15.0 Å². The zero-order valence-corrected chi connectivity index (χ0v) is 9.60. The van der Waals surface area contributed by atoms with Crippen LogP contribution in [0.3, 0.4) is 0 Å². The summed E-state index contributed by atoms with van der Waals surface area (Å²) in [5, 5.41) is 28.3. The van der Waals surface area contributed by atoms with Crippen molar-refractivity contribution in [2.75, 3.05) is 7.11 Å². The molecule has 0 aliphatic heterocycles. The SMILES string of the molecule is CCC(O)=C(C(=O)O)c1cccc(O)c1OC. The molecule has 0 radical (unpaired) electrons. The molecule has 0 bridgehead atoms. The number of carboxylic acids is 1. The molecule has 0 spiro atoms. The Morgan fingerprint density at radius 1 is 1.35 bits per heavy atom. The van der Waals surface area contributed by atoms with Gasteiger partial charge in [0.15, 0.2) is 11.5 Å². The molecule has 1 aromatic rings. The first-order chi connectivity index (χ1) is 8.02. The van der Waals surface area contributed by atoms with Crippen molar-refractivity contribution in [2.24, 2.45) is 0 Å². The second kappa shape index (κ2) is 5.25. The molecule has 0 saturated carbocycles. The Hall–Kier alpha value is -2.17. The molecule has 0 aromatic heterocycles. The van der Waals surface area contributed by atoms with Crippen LogP contribution in [0.2, 0.25) is 0 Å². The molecule has 92 valence electrons. The molecule has 0 atom stereocenters. The van der Waals surface area contributed by atoms with E-state index in [0.29, 0.717) is 0 Å². The van der Waals surface area contributed by atoms with Crippen molar-refractivity contribution in [1.29, 1.82) is 0 Å². The van der Waals surface area contributed by atoms with Crippen LogP contribution in [0.1, 0.15) is 18.9 Å². The Morgan fingerprint density at radius 2 is 2.00 bits per heavy atom. The lowest BCUT2D eigenvalue weighted by molar-refractivity contribution is -0.130. The number of benzene rings is 1. The first kappa shape index (κ1) is 12.9. The first-order valence-corrected chi connectivity index (χ1v) is 5.04. The lowest BCUT2D eigenvalue weighted by Crippen LogP contribution is -2.05. The summed E-state index contributed by atoms with van der Waals surface area (Å²) in [5.74, 6) is -1.67. The number of hydrogen-bond acceptors (Lipinski definition) is 4. The normalized spacial score (nSPS) is 11.9. The van der Waals surface area contributed by atoms with Crippen LogP contribution in [-0.4, -0.2) is 28.4 Å². The van der Waals surface area contributed by atoms with E-state index in [1.807, 2.05) is 0 Å². The Kier molecular flexibility index (Phi) is 3.98. The van der Waals surface area contributed by atoms with E-state index in [0.717, 1.165) is 0 Å². The molecule has 1 rings (SSSR count). The second-order valence-electron chi connectivity index (χ2n) is 3.34. The number of aliphatic carboxylic acids is 1. The number of methoxy groups -OCH3 is 1. The van der Waals surface area contributed by atoms with Gasteiger partial charge in [0.05, 0.1) is 7.11 Å². The number of hydrogen-bond donors (Lipinski definition) is 3. The van der Waals surface area contributed by atoms with Crippen molar-refractivity contribution in [3.8, 4) is 11.5 Å². The van der Waals surface area contributed by atoms with E-state index >= 15 is 0 Å². The summed E-state index contributed by atoms with van der Waals surface area (Å²) in [7, 11) is 1.32. The Bertz CT molecular complexity index is 462. The Balaban J connectivity index is 3.50. The van der Waals surface area contributed by atoms with Crippen molar-refractivity contribution >= 4 is 11.5 Å². The van der Waals surface area contributed by atoms with E-state index in [1.165, 1.54) is 25.3 Å². The monoisotopic (exact) mass is 238 g/mol. The molecule has 0 unspecified atom stereocenters. The molecule has 3 N–H and O–H groups in total.